The maximum atomic E-state index is 6.26. The summed E-state index contributed by atoms with van der Waals surface area (Å²) in [5.74, 6) is 0.846. The molecule has 0 fully saturated rings. The lowest BCUT2D eigenvalue weighted by Crippen LogP contribution is -2.00. The van der Waals surface area contributed by atoms with Crippen LogP contribution < -0.4 is 10.6 Å². The van der Waals surface area contributed by atoms with Gasteiger partial charge in [-0.25, -0.2) is 4.98 Å². The third kappa shape index (κ3) is 2.65. The summed E-state index contributed by atoms with van der Waals surface area (Å²) in [6.07, 6.45) is 1.86. The van der Waals surface area contributed by atoms with Crippen molar-refractivity contribution >= 4 is 44.9 Å². The number of aromatic amines is 1. The molecule has 4 nitrogen and oxygen atoms in total. The van der Waals surface area contributed by atoms with E-state index in [-0.39, 0.29) is 0 Å². The molecule has 0 saturated carbocycles. The molecule has 0 atom stereocenters. The third-order valence-corrected chi connectivity index (χ3v) is 4.36. The van der Waals surface area contributed by atoms with E-state index in [0.717, 1.165) is 39.9 Å². The number of hydrogen-bond donors (Lipinski definition) is 3. The second-order valence-electron chi connectivity index (χ2n) is 5.71. The molecule has 0 aliphatic carbocycles. The van der Waals surface area contributed by atoms with Gasteiger partial charge in [-0.15, -0.1) is 0 Å². The fraction of sp³-hybridized carbons (Fsp3) is 0.105. The van der Waals surface area contributed by atoms with Crippen LogP contribution in [0, 0.1) is 0 Å². The molecule has 0 spiro atoms. The van der Waals surface area contributed by atoms with Crippen molar-refractivity contribution in [3.63, 3.8) is 0 Å². The van der Waals surface area contributed by atoms with Gasteiger partial charge in [-0.2, -0.15) is 0 Å². The van der Waals surface area contributed by atoms with Gasteiger partial charge in [0.05, 0.1) is 22.9 Å². The van der Waals surface area contributed by atoms with E-state index in [1.807, 2.05) is 43.6 Å². The molecular formula is C19H17ClN4. The summed E-state index contributed by atoms with van der Waals surface area (Å²) in [5, 5.41) is 9.47. The second kappa shape index (κ2) is 6.06. The van der Waals surface area contributed by atoms with E-state index in [1.165, 1.54) is 5.56 Å². The highest BCUT2D eigenvalue weighted by Gasteiger charge is 2.10. The molecule has 0 unspecified atom stereocenters. The van der Waals surface area contributed by atoms with E-state index in [4.69, 9.17) is 11.6 Å². The number of hydrogen-bond acceptors (Lipinski definition) is 3. The first-order valence-electron chi connectivity index (χ1n) is 7.81. The standard InChI is InChI=1S/C19H17ClN4/c1-21-16-8-13(20)7-15-14-9-18(23-11-17(14)24-19(15)16)22-10-12-5-3-2-4-6-12/h2-9,11,21,24H,10H2,1H3,(H,22,23). The number of H-pyrrole nitrogens is 1. The Labute approximate surface area is 144 Å². The Morgan fingerprint density at radius 3 is 2.71 bits per heavy atom. The van der Waals surface area contributed by atoms with Gasteiger partial charge in [-0.3, -0.25) is 0 Å². The average Bonchev–Trinajstić information content (AvgIpc) is 2.98. The van der Waals surface area contributed by atoms with Gasteiger partial charge < -0.3 is 15.6 Å². The molecule has 0 radical (unpaired) electrons. The molecule has 5 heteroatoms. The van der Waals surface area contributed by atoms with E-state index in [9.17, 15) is 0 Å². The number of rotatable bonds is 4. The van der Waals surface area contributed by atoms with Crippen LogP contribution in [0.3, 0.4) is 0 Å². The van der Waals surface area contributed by atoms with E-state index < -0.39 is 0 Å². The molecule has 120 valence electrons. The highest BCUT2D eigenvalue weighted by Crippen LogP contribution is 2.33. The Kier molecular flexibility index (Phi) is 3.75. The predicted molar refractivity (Wildman–Crippen MR) is 102 cm³/mol. The van der Waals surface area contributed by atoms with Gasteiger partial charge in [-0.05, 0) is 23.8 Å². The molecule has 2 heterocycles. The van der Waals surface area contributed by atoms with Crippen LogP contribution in [-0.2, 0) is 6.54 Å². The van der Waals surface area contributed by atoms with Crippen LogP contribution in [0.2, 0.25) is 5.02 Å². The number of aromatic nitrogens is 2. The number of halogens is 1. The molecule has 0 saturated heterocycles. The second-order valence-corrected chi connectivity index (χ2v) is 6.14. The average molecular weight is 337 g/mol. The van der Waals surface area contributed by atoms with Crippen molar-refractivity contribution in [3.05, 3.63) is 65.3 Å². The maximum Gasteiger partial charge on any atom is 0.126 e. The molecule has 2 aromatic heterocycles. The van der Waals surface area contributed by atoms with Crippen LogP contribution in [0.5, 0.6) is 0 Å². The van der Waals surface area contributed by atoms with Crippen LogP contribution in [0.1, 0.15) is 5.56 Å². The van der Waals surface area contributed by atoms with Crippen LogP contribution in [0.4, 0.5) is 11.5 Å². The Bertz CT molecular complexity index is 1010. The van der Waals surface area contributed by atoms with Crippen molar-refractivity contribution in [2.45, 2.75) is 6.54 Å². The monoisotopic (exact) mass is 336 g/mol. The summed E-state index contributed by atoms with van der Waals surface area (Å²) < 4.78 is 0. The van der Waals surface area contributed by atoms with Gasteiger partial charge >= 0.3 is 0 Å². The normalized spacial score (nSPS) is 11.1. The zero-order chi connectivity index (χ0) is 16.5. The fourth-order valence-electron chi connectivity index (χ4n) is 2.95. The quantitative estimate of drug-likeness (QED) is 0.490. The van der Waals surface area contributed by atoms with Gasteiger partial charge in [0.2, 0.25) is 0 Å². The van der Waals surface area contributed by atoms with Crippen molar-refractivity contribution in [2.24, 2.45) is 0 Å². The first kappa shape index (κ1) is 14.8. The predicted octanol–water partition coefficient (Wildman–Crippen LogP) is 5.02. The molecule has 4 aromatic rings. The molecule has 0 aliphatic rings. The molecule has 2 aromatic carbocycles. The summed E-state index contributed by atoms with van der Waals surface area (Å²) in [7, 11) is 1.89. The van der Waals surface area contributed by atoms with E-state index in [2.05, 4.69) is 38.8 Å². The van der Waals surface area contributed by atoms with Crippen molar-refractivity contribution in [1.29, 1.82) is 0 Å². The number of pyridine rings is 1. The van der Waals surface area contributed by atoms with Gasteiger partial charge in [0, 0.05) is 29.4 Å². The number of benzene rings is 2. The zero-order valence-corrected chi connectivity index (χ0v) is 14.0. The Morgan fingerprint density at radius 1 is 1.08 bits per heavy atom. The topological polar surface area (TPSA) is 52.7 Å². The summed E-state index contributed by atoms with van der Waals surface area (Å²) in [5.41, 5.74) is 4.24. The van der Waals surface area contributed by atoms with Gasteiger partial charge in [0.25, 0.3) is 0 Å². The lowest BCUT2D eigenvalue weighted by atomic mass is 10.1. The van der Waals surface area contributed by atoms with E-state index in [1.54, 1.807) is 0 Å². The Balaban J connectivity index is 1.74. The smallest absolute Gasteiger partial charge is 0.126 e. The fourth-order valence-corrected chi connectivity index (χ4v) is 3.17. The molecule has 0 bridgehead atoms. The molecular weight excluding hydrogens is 320 g/mol. The van der Waals surface area contributed by atoms with Crippen molar-refractivity contribution in [1.82, 2.24) is 9.97 Å². The van der Waals surface area contributed by atoms with E-state index >= 15 is 0 Å². The van der Waals surface area contributed by atoms with Crippen molar-refractivity contribution < 1.29 is 0 Å². The highest BCUT2D eigenvalue weighted by molar-refractivity contribution is 6.32. The van der Waals surface area contributed by atoms with Gasteiger partial charge in [0.1, 0.15) is 5.82 Å². The third-order valence-electron chi connectivity index (χ3n) is 4.14. The maximum absolute atomic E-state index is 6.26. The summed E-state index contributed by atoms with van der Waals surface area (Å²) >= 11 is 6.26. The van der Waals surface area contributed by atoms with Crippen LogP contribution >= 0.6 is 11.6 Å². The van der Waals surface area contributed by atoms with Crippen LogP contribution in [0.15, 0.2) is 54.7 Å². The van der Waals surface area contributed by atoms with Crippen LogP contribution in [-0.4, -0.2) is 17.0 Å². The zero-order valence-electron chi connectivity index (χ0n) is 13.2. The van der Waals surface area contributed by atoms with E-state index in [0.29, 0.717) is 5.02 Å². The summed E-state index contributed by atoms with van der Waals surface area (Å²) in [6, 6.07) is 16.2. The minimum absolute atomic E-state index is 0.711. The number of nitrogens with one attached hydrogen (secondary N) is 3. The highest BCUT2D eigenvalue weighted by atomic mass is 35.5. The molecule has 0 amide bonds. The van der Waals surface area contributed by atoms with Gasteiger partial charge in [-0.1, -0.05) is 41.9 Å². The molecule has 3 N–H and O–H groups in total. The lowest BCUT2D eigenvalue weighted by Gasteiger charge is -2.06. The SMILES string of the molecule is CNc1cc(Cl)cc2c1[nH]c1cnc(NCc3ccccc3)cc12. The number of anilines is 2. The van der Waals surface area contributed by atoms with Gasteiger partial charge in [0.15, 0.2) is 0 Å². The molecule has 24 heavy (non-hydrogen) atoms. The molecule has 4 rings (SSSR count). The molecule has 0 aliphatic heterocycles. The number of fused-ring (bicyclic) bond motifs is 3. The van der Waals surface area contributed by atoms with Crippen molar-refractivity contribution in [3.8, 4) is 0 Å². The largest absolute Gasteiger partial charge is 0.386 e. The summed E-state index contributed by atoms with van der Waals surface area (Å²) in [4.78, 5) is 7.91. The first-order chi connectivity index (χ1) is 11.7. The van der Waals surface area contributed by atoms with Crippen LogP contribution in [0.25, 0.3) is 21.8 Å². The minimum atomic E-state index is 0.711. The Morgan fingerprint density at radius 2 is 1.92 bits per heavy atom. The Hall–Kier alpha value is -2.72. The minimum Gasteiger partial charge on any atom is -0.386 e. The lowest BCUT2D eigenvalue weighted by molar-refractivity contribution is 1.12. The summed E-state index contributed by atoms with van der Waals surface area (Å²) in [6.45, 7) is 0.740. The first-order valence-corrected chi connectivity index (χ1v) is 8.19. The number of nitrogens with zero attached hydrogens (tertiary/aromatic N) is 1. The van der Waals surface area contributed by atoms with Crippen molar-refractivity contribution in [2.75, 3.05) is 17.7 Å².